The van der Waals surface area contributed by atoms with Gasteiger partial charge in [0, 0.05) is 31.5 Å². The maximum absolute atomic E-state index is 11.9. The minimum Gasteiger partial charge on any atom is -0.550 e. The summed E-state index contributed by atoms with van der Waals surface area (Å²) in [5.41, 5.74) is 1.02. The average molecular weight is 261 g/mol. The highest BCUT2D eigenvalue weighted by molar-refractivity contribution is 5.76. The van der Waals surface area contributed by atoms with Gasteiger partial charge >= 0.3 is 6.03 Å². The molecular formula is C14H17N2O3-. The van der Waals surface area contributed by atoms with E-state index in [0.717, 1.165) is 5.56 Å². The summed E-state index contributed by atoms with van der Waals surface area (Å²) in [6, 6.07) is 9.39. The molecule has 2 amide bonds. The number of carbonyl (C=O) groups excluding carboxylic acids is 2. The lowest BCUT2D eigenvalue weighted by Crippen LogP contribution is -2.49. The van der Waals surface area contributed by atoms with E-state index < -0.39 is 11.9 Å². The highest BCUT2D eigenvalue weighted by Crippen LogP contribution is 2.15. The van der Waals surface area contributed by atoms with Crippen molar-refractivity contribution in [2.75, 3.05) is 13.1 Å². The van der Waals surface area contributed by atoms with Gasteiger partial charge in [0.15, 0.2) is 0 Å². The molecule has 19 heavy (non-hydrogen) atoms. The van der Waals surface area contributed by atoms with Crippen molar-refractivity contribution in [1.82, 2.24) is 10.2 Å². The first kappa shape index (κ1) is 13.4. The van der Waals surface area contributed by atoms with E-state index in [1.165, 1.54) is 0 Å². The molecule has 5 nitrogen and oxygen atoms in total. The van der Waals surface area contributed by atoms with Gasteiger partial charge in [-0.1, -0.05) is 30.3 Å². The van der Waals surface area contributed by atoms with Crippen molar-refractivity contribution >= 4 is 12.0 Å². The van der Waals surface area contributed by atoms with Crippen LogP contribution in [-0.2, 0) is 11.3 Å². The number of carboxylic acid groups (broad SMARTS) is 1. The quantitative estimate of drug-likeness (QED) is 0.853. The van der Waals surface area contributed by atoms with Crippen LogP contribution in [0.3, 0.4) is 0 Å². The van der Waals surface area contributed by atoms with E-state index in [1.54, 1.807) is 4.90 Å². The van der Waals surface area contributed by atoms with Crippen LogP contribution in [0.25, 0.3) is 0 Å². The number of aliphatic carboxylic acids is 1. The molecule has 1 aromatic rings. The number of urea groups is 1. The fraction of sp³-hybridized carbons (Fsp3) is 0.429. The van der Waals surface area contributed by atoms with Crippen LogP contribution < -0.4 is 10.4 Å². The van der Waals surface area contributed by atoms with Crippen molar-refractivity contribution in [3.05, 3.63) is 35.9 Å². The maximum atomic E-state index is 11.9. The van der Waals surface area contributed by atoms with E-state index in [4.69, 9.17) is 0 Å². The Hall–Kier alpha value is -2.04. The molecule has 0 aliphatic carbocycles. The van der Waals surface area contributed by atoms with Gasteiger partial charge in [-0.15, -0.1) is 0 Å². The number of piperidine rings is 1. The summed E-state index contributed by atoms with van der Waals surface area (Å²) in [5.74, 6) is -1.61. The van der Waals surface area contributed by atoms with Gasteiger partial charge in [-0.05, 0) is 18.4 Å². The molecule has 0 unspecified atom stereocenters. The number of rotatable bonds is 3. The Labute approximate surface area is 112 Å². The van der Waals surface area contributed by atoms with Gasteiger partial charge in [-0.3, -0.25) is 0 Å². The molecule has 1 atom stereocenters. The van der Waals surface area contributed by atoms with Crippen molar-refractivity contribution in [3.8, 4) is 0 Å². The maximum Gasteiger partial charge on any atom is 0.317 e. The molecule has 0 bridgehead atoms. The summed E-state index contributed by atoms with van der Waals surface area (Å²) in [7, 11) is 0. The first-order chi connectivity index (χ1) is 9.16. The first-order valence-electron chi connectivity index (χ1n) is 6.44. The molecule has 2 rings (SSSR count). The van der Waals surface area contributed by atoms with E-state index >= 15 is 0 Å². The zero-order valence-corrected chi connectivity index (χ0v) is 10.7. The van der Waals surface area contributed by atoms with Gasteiger partial charge in [0.05, 0.1) is 0 Å². The highest BCUT2D eigenvalue weighted by Gasteiger charge is 2.23. The van der Waals surface area contributed by atoms with Crippen LogP contribution in [0.15, 0.2) is 30.3 Å². The highest BCUT2D eigenvalue weighted by atomic mass is 16.4. The minimum absolute atomic E-state index is 0.213. The third-order valence-corrected chi connectivity index (χ3v) is 3.33. The zero-order valence-electron chi connectivity index (χ0n) is 10.7. The Bertz CT molecular complexity index is 447. The van der Waals surface area contributed by atoms with Crippen LogP contribution in [0.5, 0.6) is 0 Å². The predicted molar refractivity (Wildman–Crippen MR) is 68.0 cm³/mol. The Morgan fingerprint density at radius 1 is 1.32 bits per heavy atom. The number of carboxylic acids is 1. The summed E-state index contributed by atoms with van der Waals surface area (Å²) in [5, 5.41) is 13.6. The van der Waals surface area contributed by atoms with E-state index in [0.29, 0.717) is 25.9 Å². The molecule has 0 radical (unpaired) electrons. The molecule has 1 aliphatic rings. The summed E-state index contributed by atoms with van der Waals surface area (Å²) < 4.78 is 0. The normalized spacial score (nSPS) is 18.9. The summed E-state index contributed by atoms with van der Waals surface area (Å²) in [6.07, 6.45) is 1.29. The average Bonchev–Trinajstić information content (AvgIpc) is 2.46. The van der Waals surface area contributed by atoms with Gasteiger partial charge in [0.25, 0.3) is 0 Å². The van der Waals surface area contributed by atoms with Crippen LogP contribution in [0.4, 0.5) is 4.79 Å². The largest absolute Gasteiger partial charge is 0.550 e. The van der Waals surface area contributed by atoms with Gasteiger partial charge in [-0.25, -0.2) is 4.79 Å². The lowest BCUT2D eigenvalue weighted by Gasteiger charge is -2.33. The van der Waals surface area contributed by atoms with Gasteiger partial charge < -0.3 is 20.1 Å². The second-order valence-corrected chi connectivity index (χ2v) is 4.75. The molecule has 102 valence electrons. The number of nitrogens with one attached hydrogen (secondary N) is 1. The smallest absolute Gasteiger partial charge is 0.317 e. The fourth-order valence-electron chi connectivity index (χ4n) is 2.24. The molecule has 0 aromatic heterocycles. The van der Waals surface area contributed by atoms with Crippen molar-refractivity contribution in [1.29, 1.82) is 0 Å². The van der Waals surface area contributed by atoms with Crippen molar-refractivity contribution in [2.45, 2.75) is 19.4 Å². The molecule has 1 fully saturated rings. The molecule has 1 heterocycles. The van der Waals surface area contributed by atoms with Gasteiger partial charge in [0.1, 0.15) is 0 Å². The van der Waals surface area contributed by atoms with Crippen molar-refractivity contribution in [2.24, 2.45) is 5.92 Å². The van der Waals surface area contributed by atoms with Crippen LogP contribution in [0, 0.1) is 5.92 Å². The third-order valence-electron chi connectivity index (χ3n) is 3.33. The van der Waals surface area contributed by atoms with Crippen LogP contribution in [0.2, 0.25) is 0 Å². The van der Waals surface area contributed by atoms with E-state index in [1.807, 2.05) is 30.3 Å². The number of hydrogen-bond acceptors (Lipinski definition) is 3. The predicted octanol–water partition coefficient (Wildman–Crippen LogP) is 0.358. The van der Waals surface area contributed by atoms with E-state index in [9.17, 15) is 14.7 Å². The molecule has 1 aromatic carbocycles. The SMILES string of the molecule is O=C([O-])[C@H]1CCCN(C(=O)NCc2ccccc2)C1. The Kier molecular flexibility index (Phi) is 4.39. The second kappa shape index (κ2) is 6.22. The van der Waals surface area contributed by atoms with Crippen molar-refractivity contribution < 1.29 is 14.7 Å². The third kappa shape index (κ3) is 3.71. The Morgan fingerprint density at radius 3 is 2.74 bits per heavy atom. The van der Waals surface area contributed by atoms with Crippen LogP contribution in [-0.4, -0.2) is 30.0 Å². The number of hydrogen-bond donors (Lipinski definition) is 1. The topological polar surface area (TPSA) is 72.5 Å². The molecule has 1 saturated heterocycles. The molecule has 1 aliphatic heterocycles. The number of nitrogens with zero attached hydrogens (tertiary/aromatic N) is 1. The molecular weight excluding hydrogens is 244 g/mol. The van der Waals surface area contributed by atoms with Gasteiger partial charge in [0.2, 0.25) is 0 Å². The number of benzene rings is 1. The fourth-order valence-corrected chi connectivity index (χ4v) is 2.24. The minimum atomic E-state index is -1.07. The van der Waals surface area contributed by atoms with Crippen LogP contribution in [0.1, 0.15) is 18.4 Å². The molecule has 5 heteroatoms. The second-order valence-electron chi connectivity index (χ2n) is 4.75. The standard InChI is InChI=1S/C14H18N2O3/c17-13(18)12-7-4-8-16(10-12)14(19)15-9-11-5-2-1-3-6-11/h1-3,5-6,12H,4,7-10H2,(H,15,19)(H,17,18)/p-1/t12-/m0/s1. The lowest BCUT2D eigenvalue weighted by molar-refractivity contribution is -0.312. The molecule has 1 N–H and O–H groups in total. The number of amides is 2. The Morgan fingerprint density at radius 2 is 2.05 bits per heavy atom. The van der Waals surface area contributed by atoms with E-state index in [-0.39, 0.29) is 12.6 Å². The number of carbonyl (C=O) groups is 2. The monoisotopic (exact) mass is 261 g/mol. The number of likely N-dealkylation sites (tertiary alicyclic amines) is 1. The van der Waals surface area contributed by atoms with Crippen molar-refractivity contribution in [3.63, 3.8) is 0 Å². The summed E-state index contributed by atoms with van der Waals surface area (Å²) >= 11 is 0. The molecule has 0 spiro atoms. The lowest BCUT2D eigenvalue weighted by atomic mass is 9.99. The van der Waals surface area contributed by atoms with E-state index in [2.05, 4.69) is 5.32 Å². The summed E-state index contributed by atoms with van der Waals surface area (Å²) in [4.78, 5) is 24.3. The van der Waals surface area contributed by atoms with Crippen LogP contribution >= 0.6 is 0 Å². The summed E-state index contributed by atoms with van der Waals surface area (Å²) in [6.45, 7) is 1.29. The zero-order chi connectivity index (χ0) is 13.7. The molecule has 0 saturated carbocycles. The Balaban J connectivity index is 1.84. The van der Waals surface area contributed by atoms with Gasteiger partial charge in [-0.2, -0.15) is 0 Å². The first-order valence-corrected chi connectivity index (χ1v) is 6.44.